The van der Waals surface area contributed by atoms with E-state index in [0.717, 1.165) is 25.7 Å². The van der Waals surface area contributed by atoms with E-state index in [9.17, 15) is 23.6 Å². The van der Waals surface area contributed by atoms with Crippen molar-refractivity contribution in [2.24, 2.45) is 0 Å². The maximum Gasteiger partial charge on any atom is 0.336 e. The minimum atomic E-state index is -1.26. The molecule has 3 N–H and O–H groups in total. The van der Waals surface area contributed by atoms with Crippen molar-refractivity contribution >= 4 is 11.9 Å². The monoisotopic (exact) mass is 298 g/mol. The summed E-state index contributed by atoms with van der Waals surface area (Å²) >= 11 is 0. The lowest BCUT2D eigenvalue weighted by atomic mass is 10.2. The highest BCUT2D eigenvalue weighted by Gasteiger charge is 2.18. The Balaban J connectivity index is 1.92. The van der Waals surface area contributed by atoms with Gasteiger partial charge in [0.1, 0.15) is 0 Å². The number of carbonyl (C=O) groups excluding carboxylic acids is 2. The topological polar surface area (TPSA) is 113 Å². The number of aromatic nitrogens is 2. The quantitative estimate of drug-likeness (QED) is 0.684. The summed E-state index contributed by atoms with van der Waals surface area (Å²) in [4.78, 5) is 47.1. The molecule has 8 nitrogen and oxygen atoms in total. The Hall–Kier alpha value is -2.45. The average molecular weight is 298 g/mol. The number of rotatable bonds is 3. The van der Waals surface area contributed by atoms with Gasteiger partial charge in [-0.2, -0.15) is 4.39 Å². The summed E-state index contributed by atoms with van der Waals surface area (Å²) in [5.74, 6) is -1.65. The van der Waals surface area contributed by atoms with Gasteiger partial charge in [0, 0.05) is 6.04 Å². The molecule has 0 radical (unpaired) electrons. The van der Waals surface area contributed by atoms with Gasteiger partial charge < -0.3 is 10.6 Å². The van der Waals surface area contributed by atoms with Crippen LogP contribution in [0.2, 0.25) is 0 Å². The third kappa shape index (κ3) is 3.77. The van der Waals surface area contributed by atoms with Crippen molar-refractivity contribution in [1.82, 2.24) is 20.2 Å². The number of aromatic amines is 1. The van der Waals surface area contributed by atoms with E-state index in [-0.39, 0.29) is 18.5 Å². The van der Waals surface area contributed by atoms with Crippen LogP contribution in [0.3, 0.4) is 0 Å². The normalized spacial score (nSPS) is 14.9. The van der Waals surface area contributed by atoms with Crippen molar-refractivity contribution in [2.45, 2.75) is 31.7 Å². The molecule has 1 aromatic rings. The molecule has 0 aliphatic heterocycles. The summed E-state index contributed by atoms with van der Waals surface area (Å²) in [5, 5.41) is 4.93. The lowest BCUT2D eigenvalue weighted by Gasteiger charge is -2.12. The number of nitrogens with zero attached hydrogens (tertiary/aromatic N) is 1. The van der Waals surface area contributed by atoms with Gasteiger partial charge in [-0.1, -0.05) is 12.8 Å². The maximum atomic E-state index is 13.0. The Labute approximate surface area is 118 Å². The summed E-state index contributed by atoms with van der Waals surface area (Å²) in [7, 11) is 0. The van der Waals surface area contributed by atoms with Gasteiger partial charge in [0.25, 0.3) is 5.56 Å². The van der Waals surface area contributed by atoms with E-state index in [2.05, 4.69) is 10.6 Å². The number of hydrogen-bond donors (Lipinski definition) is 3. The fourth-order valence-corrected chi connectivity index (χ4v) is 2.19. The molecule has 1 saturated carbocycles. The molecule has 2 amide bonds. The molecule has 9 heteroatoms. The van der Waals surface area contributed by atoms with Crippen LogP contribution < -0.4 is 21.9 Å². The van der Waals surface area contributed by atoms with Crippen LogP contribution in [0.4, 0.5) is 9.18 Å². The van der Waals surface area contributed by atoms with E-state index in [1.54, 1.807) is 4.98 Å². The first-order chi connectivity index (χ1) is 9.97. The van der Waals surface area contributed by atoms with Gasteiger partial charge in [0.2, 0.25) is 11.7 Å². The molecule has 21 heavy (non-hydrogen) atoms. The third-order valence-electron chi connectivity index (χ3n) is 3.24. The molecule has 1 aliphatic carbocycles. The standard InChI is InChI=1S/C12H15FN4O4/c13-8-6-17(12(21)16-10(8)19)11(20)14-5-9(18)15-7-3-1-2-4-7/h6-7H,1-5H2,(H,14,20)(H,15,18)(H,16,19,21). The second-order valence-electron chi connectivity index (χ2n) is 4.81. The second kappa shape index (κ2) is 6.33. The lowest BCUT2D eigenvalue weighted by Crippen LogP contribution is -2.45. The van der Waals surface area contributed by atoms with Crippen molar-refractivity contribution in [1.29, 1.82) is 0 Å². The second-order valence-corrected chi connectivity index (χ2v) is 4.81. The van der Waals surface area contributed by atoms with Gasteiger partial charge in [-0.15, -0.1) is 0 Å². The van der Waals surface area contributed by atoms with Gasteiger partial charge >= 0.3 is 11.7 Å². The van der Waals surface area contributed by atoms with Gasteiger partial charge in [-0.05, 0) is 12.8 Å². The van der Waals surface area contributed by atoms with Crippen molar-refractivity contribution in [2.75, 3.05) is 6.54 Å². The van der Waals surface area contributed by atoms with Crippen LogP contribution in [0.25, 0.3) is 0 Å². The Bertz CT molecular complexity index is 660. The first-order valence-corrected chi connectivity index (χ1v) is 6.56. The summed E-state index contributed by atoms with van der Waals surface area (Å²) in [6, 6.07) is -0.876. The first-order valence-electron chi connectivity index (χ1n) is 6.56. The Morgan fingerprint density at radius 2 is 2.00 bits per heavy atom. The van der Waals surface area contributed by atoms with Crippen molar-refractivity contribution < 1.29 is 14.0 Å². The fraction of sp³-hybridized carbons (Fsp3) is 0.500. The van der Waals surface area contributed by atoms with E-state index in [0.29, 0.717) is 10.8 Å². The lowest BCUT2D eigenvalue weighted by molar-refractivity contribution is -0.120. The number of nitrogens with one attached hydrogen (secondary N) is 3. The number of halogens is 1. The zero-order valence-corrected chi connectivity index (χ0v) is 11.1. The van der Waals surface area contributed by atoms with Crippen molar-refractivity contribution in [3.05, 3.63) is 32.9 Å². The molecule has 1 fully saturated rings. The minimum absolute atomic E-state index is 0.114. The van der Waals surface area contributed by atoms with Crippen molar-refractivity contribution in [3.8, 4) is 0 Å². The Morgan fingerprint density at radius 3 is 2.67 bits per heavy atom. The number of carbonyl (C=O) groups is 2. The zero-order valence-electron chi connectivity index (χ0n) is 11.1. The van der Waals surface area contributed by atoms with E-state index in [1.807, 2.05) is 0 Å². The predicted octanol–water partition coefficient (Wildman–Crippen LogP) is -0.708. The summed E-state index contributed by atoms with van der Waals surface area (Å²) < 4.78 is 13.4. The molecule has 0 spiro atoms. The molecule has 0 bridgehead atoms. The summed E-state index contributed by atoms with van der Waals surface area (Å²) in [6.45, 7) is -0.331. The molecule has 1 aliphatic rings. The van der Waals surface area contributed by atoms with Crippen LogP contribution in [-0.4, -0.2) is 34.1 Å². The number of hydrogen-bond acceptors (Lipinski definition) is 4. The van der Waals surface area contributed by atoms with Gasteiger partial charge in [0.15, 0.2) is 0 Å². The molecular formula is C12H15FN4O4. The molecule has 0 unspecified atom stereocenters. The SMILES string of the molecule is O=C(CNC(=O)n1cc(F)c(=O)[nH]c1=O)NC1CCCC1. The molecule has 114 valence electrons. The predicted molar refractivity (Wildman–Crippen MR) is 70.5 cm³/mol. The summed E-state index contributed by atoms with van der Waals surface area (Å²) in [5.41, 5.74) is -2.28. The molecule has 1 heterocycles. The highest BCUT2D eigenvalue weighted by molar-refractivity contribution is 5.84. The fourth-order valence-electron chi connectivity index (χ4n) is 2.19. The number of amides is 2. The first kappa shape index (κ1) is 14.9. The van der Waals surface area contributed by atoms with E-state index < -0.39 is 23.1 Å². The van der Waals surface area contributed by atoms with Gasteiger partial charge in [-0.25, -0.2) is 14.2 Å². The molecule has 0 atom stereocenters. The number of H-pyrrole nitrogens is 1. The maximum absolute atomic E-state index is 13.0. The average Bonchev–Trinajstić information content (AvgIpc) is 2.93. The molecular weight excluding hydrogens is 283 g/mol. The highest BCUT2D eigenvalue weighted by atomic mass is 19.1. The Kier molecular flexibility index (Phi) is 4.51. The van der Waals surface area contributed by atoms with Crippen LogP contribution in [0.1, 0.15) is 25.7 Å². The third-order valence-corrected chi connectivity index (χ3v) is 3.24. The summed E-state index contributed by atoms with van der Waals surface area (Å²) in [6.07, 6.45) is 4.41. The van der Waals surface area contributed by atoms with Crippen LogP contribution >= 0.6 is 0 Å². The van der Waals surface area contributed by atoms with Crippen LogP contribution in [0, 0.1) is 5.82 Å². The smallest absolute Gasteiger partial charge is 0.336 e. The van der Waals surface area contributed by atoms with E-state index in [4.69, 9.17) is 0 Å². The van der Waals surface area contributed by atoms with Gasteiger partial charge in [0.05, 0.1) is 12.7 Å². The molecule has 0 aromatic carbocycles. The zero-order chi connectivity index (χ0) is 15.4. The van der Waals surface area contributed by atoms with Crippen LogP contribution in [0.5, 0.6) is 0 Å². The van der Waals surface area contributed by atoms with E-state index >= 15 is 0 Å². The molecule has 2 rings (SSSR count). The minimum Gasteiger partial charge on any atom is -0.352 e. The van der Waals surface area contributed by atoms with Crippen molar-refractivity contribution in [3.63, 3.8) is 0 Å². The molecule has 1 aromatic heterocycles. The largest absolute Gasteiger partial charge is 0.352 e. The highest BCUT2D eigenvalue weighted by Crippen LogP contribution is 2.17. The van der Waals surface area contributed by atoms with E-state index in [1.165, 1.54) is 0 Å². The van der Waals surface area contributed by atoms with Gasteiger partial charge in [-0.3, -0.25) is 14.6 Å². The van der Waals surface area contributed by atoms with Crippen LogP contribution in [0.15, 0.2) is 15.8 Å². The van der Waals surface area contributed by atoms with Crippen LogP contribution in [-0.2, 0) is 4.79 Å². The molecule has 0 saturated heterocycles. The Morgan fingerprint density at radius 1 is 1.33 bits per heavy atom.